The van der Waals surface area contributed by atoms with Crippen LogP contribution in [-0.2, 0) is 6.42 Å². The summed E-state index contributed by atoms with van der Waals surface area (Å²) >= 11 is 12.0. The van der Waals surface area contributed by atoms with Crippen LogP contribution in [0.1, 0.15) is 5.82 Å². The molecule has 3 aromatic rings. The zero-order chi connectivity index (χ0) is 14.8. The molecule has 0 N–H and O–H groups in total. The molecule has 0 radical (unpaired) electrons. The third-order valence-corrected chi connectivity index (χ3v) is 3.48. The van der Waals surface area contributed by atoms with Crippen LogP contribution < -0.4 is 4.74 Å². The van der Waals surface area contributed by atoms with Gasteiger partial charge in [0.25, 0.3) is 0 Å². The van der Waals surface area contributed by atoms with E-state index in [1.807, 2.05) is 28.8 Å². The quantitative estimate of drug-likeness (QED) is 0.692. The van der Waals surface area contributed by atoms with E-state index in [-0.39, 0.29) is 0 Å². The van der Waals surface area contributed by atoms with Crippen molar-refractivity contribution in [2.75, 3.05) is 13.0 Å². The summed E-state index contributed by atoms with van der Waals surface area (Å²) in [5, 5.41) is 0.646. The van der Waals surface area contributed by atoms with Gasteiger partial charge in [0.15, 0.2) is 11.2 Å². The molecule has 2 heterocycles. The van der Waals surface area contributed by atoms with E-state index >= 15 is 0 Å². The van der Waals surface area contributed by atoms with Crippen molar-refractivity contribution in [1.29, 1.82) is 0 Å². The summed E-state index contributed by atoms with van der Waals surface area (Å²) in [6, 6.07) is 7.50. The molecule has 108 valence electrons. The van der Waals surface area contributed by atoms with Crippen LogP contribution in [0.25, 0.3) is 16.9 Å². The summed E-state index contributed by atoms with van der Waals surface area (Å²) < 4.78 is 7.17. The highest BCUT2D eigenvalue weighted by Crippen LogP contribution is 2.26. The summed E-state index contributed by atoms with van der Waals surface area (Å²) in [5.41, 5.74) is 2.16. The number of halogens is 2. The molecule has 2 aromatic heterocycles. The third kappa shape index (κ3) is 2.54. The molecule has 0 bridgehead atoms. The van der Waals surface area contributed by atoms with Crippen LogP contribution in [0.4, 0.5) is 0 Å². The number of hydrogen-bond acceptors (Lipinski definition) is 4. The Morgan fingerprint density at radius 3 is 2.86 bits per heavy atom. The molecular formula is C14H12Cl2N4O. The third-order valence-electron chi connectivity index (χ3n) is 3.06. The van der Waals surface area contributed by atoms with Crippen LogP contribution in [0.15, 0.2) is 30.6 Å². The standard InChI is InChI=1S/C14H12Cl2N4O/c1-21-14-12-13(17-8-18-14)20(11(19-12)5-6-15)10-4-2-3-9(16)7-10/h2-4,7-8H,5-6H2,1H3. The minimum absolute atomic E-state index is 0.441. The monoisotopic (exact) mass is 322 g/mol. The highest BCUT2D eigenvalue weighted by atomic mass is 35.5. The van der Waals surface area contributed by atoms with Crippen molar-refractivity contribution in [3.05, 3.63) is 41.4 Å². The number of benzene rings is 1. The highest BCUT2D eigenvalue weighted by molar-refractivity contribution is 6.30. The largest absolute Gasteiger partial charge is 0.479 e. The van der Waals surface area contributed by atoms with E-state index < -0.39 is 0 Å². The number of hydrogen-bond donors (Lipinski definition) is 0. The predicted molar refractivity (Wildman–Crippen MR) is 82.6 cm³/mol. The van der Waals surface area contributed by atoms with Crippen LogP contribution in [0, 0.1) is 0 Å². The molecule has 0 amide bonds. The fourth-order valence-corrected chi connectivity index (χ4v) is 2.56. The van der Waals surface area contributed by atoms with Crippen molar-refractivity contribution in [2.45, 2.75) is 6.42 Å². The van der Waals surface area contributed by atoms with Gasteiger partial charge in [0.05, 0.1) is 12.8 Å². The molecule has 7 heteroatoms. The Labute approximate surface area is 131 Å². The lowest BCUT2D eigenvalue weighted by molar-refractivity contribution is 0.401. The maximum atomic E-state index is 6.08. The summed E-state index contributed by atoms with van der Waals surface area (Å²) in [7, 11) is 1.56. The van der Waals surface area contributed by atoms with Gasteiger partial charge < -0.3 is 4.74 Å². The maximum Gasteiger partial charge on any atom is 0.245 e. The van der Waals surface area contributed by atoms with E-state index in [9.17, 15) is 0 Å². The molecule has 0 saturated heterocycles. The fraction of sp³-hybridized carbons (Fsp3) is 0.214. The second-order valence-electron chi connectivity index (χ2n) is 4.34. The predicted octanol–water partition coefficient (Wildman–Crippen LogP) is 3.26. The van der Waals surface area contributed by atoms with Gasteiger partial charge in [0.1, 0.15) is 12.2 Å². The van der Waals surface area contributed by atoms with Crippen LogP contribution in [0.5, 0.6) is 5.88 Å². The molecule has 0 spiro atoms. The van der Waals surface area contributed by atoms with Crippen molar-refractivity contribution in [2.24, 2.45) is 0 Å². The number of ether oxygens (including phenoxy) is 1. The Balaban J connectivity index is 2.31. The first kappa shape index (κ1) is 14.1. The highest BCUT2D eigenvalue weighted by Gasteiger charge is 2.17. The molecule has 0 aliphatic rings. The zero-order valence-electron chi connectivity index (χ0n) is 11.3. The van der Waals surface area contributed by atoms with Gasteiger partial charge in [0, 0.05) is 17.3 Å². The lowest BCUT2D eigenvalue weighted by Crippen LogP contribution is -2.03. The van der Waals surface area contributed by atoms with E-state index in [4.69, 9.17) is 27.9 Å². The van der Waals surface area contributed by atoms with Crippen molar-refractivity contribution in [3.63, 3.8) is 0 Å². The van der Waals surface area contributed by atoms with Gasteiger partial charge in [-0.15, -0.1) is 11.6 Å². The van der Waals surface area contributed by atoms with Gasteiger partial charge in [-0.25, -0.2) is 9.97 Å². The fourth-order valence-electron chi connectivity index (χ4n) is 2.20. The molecule has 0 unspecified atom stereocenters. The Morgan fingerprint density at radius 1 is 1.29 bits per heavy atom. The number of fused-ring (bicyclic) bond motifs is 1. The Bertz CT molecular complexity index is 788. The Kier molecular flexibility index (Phi) is 3.94. The van der Waals surface area contributed by atoms with Crippen LogP contribution in [0.3, 0.4) is 0 Å². The number of rotatable bonds is 4. The minimum Gasteiger partial charge on any atom is -0.479 e. The van der Waals surface area contributed by atoms with Gasteiger partial charge in [-0.05, 0) is 18.2 Å². The van der Waals surface area contributed by atoms with Gasteiger partial charge in [-0.3, -0.25) is 4.57 Å². The van der Waals surface area contributed by atoms with E-state index in [1.54, 1.807) is 7.11 Å². The van der Waals surface area contributed by atoms with Crippen molar-refractivity contribution in [3.8, 4) is 11.6 Å². The van der Waals surface area contributed by atoms with Gasteiger partial charge in [0.2, 0.25) is 5.88 Å². The molecule has 0 fully saturated rings. The maximum absolute atomic E-state index is 6.08. The molecule has 1 aromatic carbocycles. The molecule has 5 nitrogen and oxygen atoms in total. The van der Waals surface area contributed by atoms with Crippen molar-refractivity contribution >= 4 is 34.4 Å². The SMILES string of the molecule is COc1ncnc2c1nc(CCCl)n2-c1cccc(Cl)c1. The van der Waals surface area contributed by atoms with Crippen molar-refractivity contribution in [1.82, 2.24) is 19.5 Å². The van der Waals surface area contributed by atoms with Crippen molar-refractivity contribution < 1.29 is 4.74 Å². The lowest BCUT2D eigenvalue weighted by atomic mass is 10.3. The number of aryl methyl sites for hydroxylation is 1. The first-order valence-electron chi connectivity index (χ1n) is 6.33. The zero-order valence-corrected chi connectivity index (χ0v) is 12.8. The van der Waals surface area contributed by atoms with Gasteiger partial charge in [-0.2, -0.15) is 4.98 Å². The van der Waals surface area contributed by atoms with E-state index in [1.165, 1.54) is 6.33 Å². The van der Waals surface area contributed by atoms with E-state index in [0.29, 0.717) is 34.4 Å². The normalized spacial score (nSPS) is 11.0. The Hall–Kier alpha value is -1.85. The Morgan fingerprint density at radius 2 is 2.14 bits per heavy atom. The smallest absolute Gasteiger partial charge is 0.245 e. The average molecular weight is 323 g/mol. The first-order valence-corrected chi connectivity index (χ1v) is 7.24. The summed E-state index contributed by atoms with van der Waals surface area (Å²) in [6.07, 6.45) is 2.06. The van der Waals surface area contributed by atoms with Gasteiger partial charge >= 0.3 is 0 Å². The summed E-state index contributed by atoms with van der Waals surface area (Å²) in [4.78, 5) is 13.0. The van der Waals surface area contributed by atoms with Crippen LogP contribution >= 0.6 is 23.2 Å². The average Bonchev–Trinajstić information content (AvgIpc) is 2.85. The minimum atomic E-state index is 0.441. The summed E-state index contributed by atoms with van der Waals surface area (Å²) in [6.45, 7) is 0. The van der Waals surface area contributed by atoms with Crippen LogP contribution in [-0.4, -0.2) is 32.5 Å². The molecule has 0 aliphatic carbocycles. The van der Waals surface area contributed by atoms with E-state index in [0.717, 1.165) is 11.5 Å². The number of methoxy groups -OCH3 is 1. The van der Waals surface area contributed by atoms with Crippen LogP contribution in [0.2, 0.25) is 5.02 Å². The molecular weight excluding hydrogens is 311 g/mol. The summed E-state index contributed by atoms with van der Waals surface area (Å²) in [5.74, 6) is 1.69. The second kappa shape index (κ2) is 5.87. The number of imidazole rings is 1. The molecule has 0 saturated carbocycles. The molecule has 0 aliphatic heterocycles. The number of nitrogens with zero attached hydrogens (tertiary/aromatic N) is 4. The first-order chi connectivity index (χ1) is 10.2. The number of alkyl halides is 1. The van der Waals surface area contributed by atoms with E-state index in [2.05, 4.69) is 15.0 Å². The second-order valence-corrected chi connectivity index (χ2v) is 5.15. The lowest BCUT2D eigenvalue weighted by Gasteiger charge is -2.08. The molecule has 21 heavy (non-hydrogen) atoms. The molecule has 3 rings (SSSR count). The topological polar surface area (TPSA) is 52.8 Å². The number of aromatic nitrogens is 4. The molecule has 0 atom stereocenters. The van der Waals surface area contributed by atoms with Gasteiger partial charge in [-0.1, -0.05) is 17.7 Å².